The number of rotatable bonds is 0. The summed E-state index contributed by atoms with van der Waals surface area (Å²) in [5.41, 5.74) is -0.439. The van der Waals surface area contributed by atoms with Crippen molar-refractivity contribution < 1.29 is 9.53 Å². The van der Waals surface area contributed by atoms with E-state index in [-0.39, 0.29) is 0 Å². The summed E-state index contributed by atoms with van der Waals surface area (Å²) in [5, 5.41) is 0. The molecule has 0 radical (unpaired) electrons. The molecule has 2 rings (SSSR count). The summed E-state index contributed by atoms with van der Waals surface area (Å²) in [6.07, 6.45) is 1.48. The average molecular weight is 197 g/mol. The Morgan fingerprint density at radius 1 is 1.50 bits per heavy atom. The molecule has 0 aliphatic carbocycles. The second-order valence-electron chi connectivity index (χ2n) is 4.80. The molecule has 2 aliphatic heterocycles. The zero-order chi connectivity index (χ0) is 10.3. The van der Waals surface area contributed by atoms with Crippen LogP contribution in [0.5, 0.6) is 0 Å². The summed E-state index contributed by atoms with van der Waals surface area (Å²) < 4.78 is 5.75. The lowest BCUT2D eigenvalue weighted by atomic mass is 9.76. The minimum atomic E-state index is -0.439. The topological polar surface area (TPSA) is 29.5 Å². The van der Waals surface area contributed by atoms with Crippen LogP contribution in [0.4, 0.5) is 0 Å². The molecule has 3 heteroatoms. The van der Waals surface area contributed by atoms with Gasteiger partial charge in [-0.2, -0.15) is 0 Å². The van der Waals surface area contributed by atoms with Crippen LogP contribution in [0.3, 0.4) is 0 Å². The molecule has 14 heavy (non-hydrogen) atoms. The van der Waals surface area contributed by atoms with Crippen molar-refractivity contribution >= 4 is 5.78 Å². The number of ketones is 1. The van der Waals surface area contributed by atoms with Gasteiger partial charge >= 0.3 is 0 Å². The number of Topliss-reactive ketones (excluding diaryl/α,β-unsaturated/α-hetero) is 1. The Balaban J connectivity index is 2.22. The fourth-order valence-electron chi connectivity index (χ4n) is 2.76. The average Bonchev–Trinajstić information content (AvgIpc) is 2.46. The van der Waals surface area contributed by atoms with Crippen LogP contribution in [0.2, 0.25) is 0 Å². The standard InChI is InChI=1S/C11H19NO2/c1-8-7-12(3)9(2)6-11(8)10(13)4-5-14-11/h8-9H,4-7H2,1-3H3. The molecule has 3 nitrogen and oxygen atoms in total. The first-order chi connectivity index (χ1) is 6.56. The second kappa shape index (κ2) is 3.31. The third kappa shape index (κ3) is 1.30. The minimum absolute atomic E-state index is 0.324. The van der Waals surface area contributed by atoms with Crippen molar-refractivity contribution in [1.82, 2.24) is 4.90 Å². The molecule has 2 saturated heterocycles. The number of likely N-dealkylation sites (tertiary alicyclic amines) is 1. The lowest BCUT2D eigenvalue weighted by Gasteiger charge is -2.45. The van der Waals surface area contributed by atoms with Gasteiger partial charge in [-0.25, -0.2) is 0 Å². The lowest BCUT2D eigenvalue weighted by molar-refractivity contribution is -0.146. The van der Waals surface area contributed by atoms with E-state index in [4.69, 9.17) is 4.74 Å². The first-order valence-electron chi connectivity index (χ1n) is 5.44. The van der Waals surface area contributed by atoms with Crippen molar-refractivity contribution in [2.75, 3.05) is 20.2 Å². The van der Waals surface area contributed by atoms with Gasteiger partial charge < -0.3 is 9.64 Å². The van der Waals surface area contributed by atoms with E-state index in [1.165, 1.54) is 0 Å². The number of hydrogen-bond acceptors (Lipinski definition) is 3. The van der Waals surface area contributed by atoms with Gasteiger partial charge in [0.1, 0.15) is 5.60 Å². The highest BCUT2D eigenvalue weighted by Gasteiger charge is 2.51. The van der Waals surface area contributed by atoms with E-state index in [1.807, 2.05) is 0 Å². The molecule has 0 aromatic rings. The first-order valence-corrected chi connectivity index (χ1v) is 5.44. The minimum Gasteiger partial charge on any atom is -0.366 e. The van der Waals surface area contributed by atoms with Crippen molar-refractivity contribution in [3.05, 3.63) is 0 Å². The Kier molecular flexibility index (Phi) is 2.40. The predicted octanol–water partition coefficient (Wildman–Crippen LogP) is 1.07. The predicted molar refractivity (Wildman–Crippen MR) is 54.2 cm³/mol. The number of ether oxygens (including phenoxy) is 1. The van der Waals surface area contributed by atoms with Crippen molar-refractivity contribution in [2.45, 2.75) is 38.3 Å². The Morgan fingerprint density at radius 2 is 2.21 bits per heavy atom. The quantitative estimate of drug-likeness (QED) is 0.582. The maximum atomic E-state index is 11.9. The van der Waals surface area contributed by atoms with Crippen LogP contribution in [-0.2, 0) is 9.53 Å². The summed E-state index contributed by atoms with van der Waals surface area (Å²) in [5.74, 6) is 0.656. The highest BCUT2D eigenvalue weighted by Crippen LogP contribution is 2.39. The van der Waals surface area contributed by atoms with Crippen LogP contribution in [0.1, 0.15) is 26.7 Å². The van der Waals surface area contributed by atoms with E-state index in [0.29, 0.717) is 30.8 Å². The van der Waals surface area contributed by atoms with Gasteiger partial charge in [0.05, 0.1) is 6.61 Å². The molecule has 2 fully saturated rings. The summed E-state index contributed by atoms with van der Waals surface area (Å²) >= 11 is 0. The number of carbonyl (C=O) groups is 1. The summed E-state index contributed by atoms with van der Waals surface area (Å²) in [6.45, 7) is 5.89. The number of piperidine rings is 1. The normalized spacial score (nSPS) is 44.9. The zero-order valence-corrected chi connectivity index (χ0v) is 9.25. The Bertz CT molecular complexity index is 254. The van der Waals surface area contributed by atoms with Crippen molar-refractivity contribution in [3.63, 3.8) is 0 Å². The fraction of sp³-hybridized carbons (Fsp3) is 0.909. The molecular formula is C11H19NO2. The van der Waals surface area contributed by atoms with Crippen LogP contribution in [-0.4, -0.2) is 42.5 Å². The van der Waals surface area contributed by atoms with E-state index in [2.05, 4.69) is 25.8 Å². The van der Waals surface area contributed by atoms with Gasteiger partial charge in [0.2, 0.25) is 0 Å². The monoisotopic (exact) mass is 197 g/mol. The van der Waals surface area contributed by atoms with Gasteiger partial charge in [-0.3, -0.25) is 4.79 Å². The molecule has 0 N–H and O–H groups in total. The Morgan fingerprint density at radius 3 is 2.79 bits per heavy atom. The SMILES string of the molecule is CC1CC2(OCCC2=O)C(C)CN1C. The van der Waals surface area contributed by atoms with Gasteiger partial charge in [-0.15, -0.1) is 0 Å². The molecular weight excluding hydrogens is 178 g/mol. The van der Waals surface area contributed by atoms with Crippen molar-refractivity contribution in [1.29, 1.82) is 0 Å². The van der Waals surface area contributed by atoms with Crippen LogP contribution in [0.15, 0.2) is 0 Å². The second-order valence-corrected chi connectivity index (χ2v) is 4.80. The van der Waals surface area contributed by atoms with Gasteiger partial charge in [0.25, 0.3) is 0 Å². The molecule has 2 heterocycles. The molecule has 0 bridgehead atoms. The highest BCUT2D eigenvalue weighted by molar-refractivity contribution is 5.89. The Labute approximate surface area is 85.4 Å². The third-order valence-corrected chi connectivity index (χ3v) is 3.87. The van der Waals surface area contributed by atoms with E-state index in [9.17, 15) is 4.79 Å². The molecule has 0 aromatic heterocycles. The lowest BCUT2D eigenvalue weighted by Crippen LogP contribution is -2.56. The smallest absolute Gasteiger partial charge is 0.167 e. The van der Waals surface area contributed by atoms with Crippen LogP contribution >= 0.6 is 0 Å². The maximum absolute atomic E-state index is 11.9. The number of carbonyl (C=O) groups excluding carboxylic acids is 1. The summed E-state index contributed by atoms with van der Waals surface area (Å²) in [6, 6.07) is 0.452. The highest BCUT2D eigenvalue weighted by atomic mass is 16.5. The van der Waals surface area contributed by atoms with E-state index in [1.54, 1.807) is 0 Å². The molecule has 0 amide bonds. The Hall–Kier alpha value is -0.410. The summed E-state index contributed by atoms with van der Waals surface area (Å²) in [4.78, 5) is 14.2. The maximum Gasteiger partial charge on any atom is 0.167 e. The van der Waals surface area contributed by atoms with Crippen LogP contribution in [0.25, 0.3) is 0 Å². The van der Waals surface area contributed by atoms with E-state index < -0.39 is 5.60 Å². The van der Waals surface area contributed by atoms with Gasteiger partial charge in [0, 0.05) is 24.9 Å². The largest absolute Gasteiger partial charge is 0.366 e. The number of hydrogen-bond donors (Lipinski definition) is 0. The molecule has 0 aromatic carbocycles. The van der Waals surface area contributed by atoms with Crippen molar-refractivity contribution in [2.24, 2.45) is 5.92 Å². The van der Waals surface area contributed by atoms with E-state index in [0.717, 1.165) is 13.0 Å². The van der Waals surface area contributed by atoms with E-state index >= 15 is 0 Å². The number of nitrogens with zero attached hydrogens (tertiary/aromatic N) is 1. The van der Waals surface area contributed by atoms with Crippen molar-refractivity contribution in [3.8, 4) is 0 Å². The molecule has 2 aliphatic rings. The summed E-state index contributed by atoms with van der Waals surface area (Å²) in [7, 11) is 2.12. The zero-order valence-electron chi connectivity index (χ0n) is 9.25. The van der Waals surface area contributed by atoms with Gasteiger partial charge in [0.15, 0.2) is 5.78 Å². The molecule has 80 valence electrons. The first kappa shape index (κ1) is 10.1. The molecule has 1 spiro atoms. The van der Waals surface area contributed by atoms with Crippen LogP contribution < -0.4 is 0 Å². The third-order valence-electron chi connectivity index (χ3n) is 3.87. The van der Waals surface area contributed by atoms with Gasteiger partial charge in [-0.1, -0.05) is 6.92 Å². The van der Waals surface area contributed by atoms with Crippen LogP contribution in [0, 0.1) is 5.92 Å². The van der Waals surface area contributed by atoms with Gasteiger partial charge in [-0.05, 0) is 20.4 Å². The molecule has 0 saturated carbocycles. The molecule has 3 unspecified atom stereocenters. The molecule has 3 atom stereocenters. The fourth-order valence-corrected chi connectivity index (χ4v) is 2.76.